The molecule has 0 aliphatic heterocycles. The highest BCUT2D eigenvalue weighted by Gasteiger charge is 2.48. The summed E-state index contributed by atoms with van der Waals surface area (Å²) in [5.41, 5.74) is 0.0922. The lowest BCUT2D eigenvalue weighted by Crippen LogP contribution is -2.19. The number of hydrogen-bond donors (Lipinski definition) is 0. The average Bonchev–Trinajstić information content (AvgIpc) is 3.98. The van der Waals surface area contributed by atoms with E-state index in [1.807, 2.05) is 24.3 Å². The standard InChI is InChI=1S/C39H17F3N6O2S2/c1-2-17-7-22-20(8-26(17)40)31(18(13-43)14-44)33(35(22)49)47-29-11-24-37(51-29)38-25(39(24)5-3-4-6-39)12-30(52-38)48-34-32(19(15-45)16-46)21-9-27(41)28(42)10-23(21)36(34)50/h2,7-12H,1,3-6H2/b47-33-,48-34-. The van der Waals surface area contributed by atoms with Crippen molar-refractivity contribution < 1.29 is 22.8 Å². The van der Waals surface area contributed by atoms with E-state index in [1.54, 1.807) is 12.1 Å². The minimum absolute atomic E-state index is 0.0430. The molecule has 0 unspecified atom stereocenters. The van der Waals surface area contributed by atoms with Crippen molar-refractivity contribution in [1.82, 2.24) is 0 Å². The van der Waals surface area contributed by atoms with Crippen molar-refractivity contribution >= 4 is 72.9 Å². The highest BCUT2D eigenvalue weighted by Crippen LogP contribution is 2.63. The van der Waals surface area contributed by atoms with Crippen LogP contribution < -0.4 is 0 Å². The Morgan fingerprint density at radius 1 is 0.673 bits per heavy atom. The molecular weight excluding hydrogens is 706 g/mol. The van der Waals surface area contributed by atoms with Gasteiger partial charge in [0.2, 0.25) is 11.6 Å². The second kappa shape index (κ2) is 11.8. The van der Waals surface area contributed by atoms with E-state index in [4.69, 9.17) is 4.99 Å². The summed E-state index contributed by atoms with van der Waals surface area (Å²) < 4.78 is 43.3. The summed E-state index contributed by atoms with van der Waals surface area (Å²) in [6.45, 7) is 3.59. The fraction of sp³-hybridized carbons (Fsp3) is 0.128. The quantitative estimate of drug-likeness (QED) is 0.192. The maximum Gasteiger partial charge on any atom is 0.212 e. The summed E-state index contributed by atoms with van der Waals surface area (Å²) in [6.07, 6.45) is 4.70. The monoisotopic (exact) mass is 722 g/mol. The average molecular weight is 723 g/mol. The molecule has 0 saturated heterocycles. The Bertz CT molecular complexity index is 2700. The molecular formula is C39H17F3N6O2S2. The summed E-state index contributed by atoms with van der Waals surface area (Å²) in [4.78, 5) is 38.2. The van der Waals surface area contributed by atoms with Gasteiger partial charge in [0.05, 0.1) is 9.75 Å². The number of nitrogens with zero attached hydrogens (tertiary/aromatic N) is 6. The molecule has 52 heavy (non-hydrogen) atoms. The van der Waals surface area contributed by atoms with Crippen LogP contribution in [0.5, 0.6) is 0 Å². The van der Waals surface area contributed by atoms with Crippen molar-refractivity contribution in [2.45, 2.75) is 31.1 Å². The Labute approximate surface area is 301 Å². The van der Waals surface area contributed by atoms with Gasteiger partial charge < -0.3 is 0 Å². The molecule has 1 fully saturated rings. The van der Waals surface area contributed by atoms with E-state index in [2.05, 4.69) is 11.6 Å². The summed E-state index contributed by atoms with van der Waals surface area (Å²) >= 11 is 2.56. The van der Waals surface area contributed by atoms with Gasteiger partial charge in [-0.1, -0.05) is 25.5 Å². The van der Waals surface area contributed by atoms with Crippen molar-refractivity contribution in [2.24, 2.45) is 9.98 Å². The molecule has 0 radical (unpaired) electrons. The fourth-order valence-corrected chi connectivity index (χ4v) is 10.0. The summed E-state index contributed by atoms with van der Waals surface area (Å²) in [5.74, 6) is -4.46. The molecule has 4 aromatic rings. The molecule has 2 aromatic carbocycles. The zero-order valence-electron chi connectivity index (χ0n) is 26.5. The number of allylic oxidation sites excluding steroid dienone is 4. The normalized spacial score (nSPS) is 17.4. The van der Waals surface area contributed by atoms with Crippen molar-refractivity contribution in [3.63, 3.8) is 0 Å². The van der Waals surface area contributed by atoms with Crippen LogP contribution in [0.25, 0.3) is 27.0 Å². The molecule has 248 valence electrons. The minimum atomic E-state index is -1.25. The first-order valence-electron chi connectivity index (χ1n) is 15.7. The first kappa shape index (κ1) is 32.7. The second-order valence-electron chi connectivity index (χ2n) is 12.4. The SMILES string of the molecule is C=Cc1cc2c(cc1F)C(=C(C#N)C#N)/C(=N/c1cc3c(s1)-c1sc(/N=C4\C(=O)c5cc(F)c(F)cc5C4=C(C#N)C#N)cc1C31CCCC1)C2=O. The maximum atomic E-state index is 14.8. The van der Waals surface area contributed by atoms with Crippen LogP contribution in [-0.2, 0) is 5.41 Å². The molecule has 0 bridgehead atoms. The van der Waals surface area contributed by atoms with Gasteiger partial charge in [0.1, 0.15) is 62.7 Å². The van der Waals surface area contributed by atoms with Crippen LogP contribution in [0.15, 0.2) is 64.1 Å². The highest BCUT2D eigenvalue weighted by molar-refractivity contribution is 7.26. The Morgan fingerprint density at radius 2 is 1.10 bits per heavy atom. The van der Waals surface area contributed by atoms with Crippen LogP contribution in [0.1, 0.15) is 74.2 Å². The molecule has 1 saturated carbocycles. The van der Waals surface area contributed by atoms with Gasteiger partial charge in [0.15, 0.2) is 11.6 Å². The van der Waals surface area contributed by atoms with Crippen LogP contribution in [0.4, 0.5) is 23.2 Å². The molecule has 13 heteroatoms. The van der Waals surface area contributed by atoms with E-state index < -0.39 is 40.0 Å². The Kier molecular flexibility index (Phi) is 7.41. The molecule has 8 rings (SSSR count). The number of thiophene rings is 2. The summed E-state index contributed by atoms with van der Waals surface area (Å²) in [5, 5.41) is 39.7. The van der Waals surface area contributed by atoms with Crippen molar-refractivity contribution in [3.05, 3.63) is 111 Å². The number of ketones is 2. The van der Waals surface area contributed by atoms with Gasteiger partial charge in [0, 0.05) is 44.4 Å². The minimum Gasteiger partial charge on any atom is -0.287 e. The van der Waals surface area contributed by atoms with Crippen LogP contribution in [0.3, 0.4) is 0 Å². The Morgan fingerprint density at radius 3 is 1.54 bits per heavy atom. The molecule has 1 spiro atoms. The van der Waals surface area contributed by atoms with Crippen LogP contribution >= 0.6 is 22.7 Å². The van der Waals surface area contributed by atoms with Gasteiger partial charge in [-0.15, -0.1) is 22.7 Å². The van der Waals surface area contributed by atoms with Crippen LogP contribution in [0, 0.1) is 62.8 Å². The lowest BCUT2D eigenvalue weighted by Gasteiger charge is -2.24. The van der Waals surface area contributed by atoms with Crippen molar-refractivity contribution in [1.29, 1.82) is 21.0 Å². The number of nitriles is 4. The van der Waals surface area contributed by atoms with E-state index in [0.717, 1.165) is 64.8 Å². The zero-order chi connectivity index (χ0) is 36.6. The molecule has 0 atom stereocenters. The van der Waals surface area contributed by atoms with Gasteiger partial charge in [-0.25, -0.2) is 23.2 Å². The first-order chi connectivity index (χ1) is 25.1. The topological polar surface area (TPSA) is 154 Å². The van der Waals surface area contributed by atoms with E-state index in [0.29, 0.717) is 10.0 Å². The maximum absolute atomic E-state index is 14.8. The zero-order valence-corrected chi connectivity index (χ0v) is 28.2. The number of hydrogen-bond acceptors (Lipinski definition) is 10. The molecule has 0 amide bonds. The number of rotatable bonds is 3. The molecule has 2 heterocycles. The molecule has 8 nitrogen and oxygen atoms in total. The number of aliphatic imine (C=N–C) groups is 2. The molecule has 2 aromatic heterocycles. The summed E-state index contributed by atoms with van der Waals surface area (Å²) in [7, 11) is 0. The van der Waals surface area contributed by atoms with Gasteiger partial charge in [-0.05, 0) is 60.4 Å². The number of Topliss-reactive ketones (excluding diaryl/α,β-unsaturated/α-hetero) is 2. The highest BCUT2D eigenvalue weighted by atomic mass is 32.1. The van der Waals surface area contributed by atoms with E-state index in [1.165, 1.54) is 34.8 Å². The summed E-state index contributed by atoms with van der Waals surface area (Å²) in [6, 6.07) is 14.8. The number of carbonyl (C=O) groups excluding carboxylic acids is 2. The Balaban J connectivity index is 1.27. The van der Waals surface area contributed by atoms with E-state index in [9.17, 15) is 43.8 Å². The molecule has 4 aliphatic carbocycles. The third-order valence-electron chi connectivity index (χ3n) is 9.87. The number of benzene rings is 2. The number of halogens is 3. The number of carbonyl (C=O) groups is 2. The second-order valence-corrected chi connectivity index (χ2v) is 14.5. The van der Waals surface area contributed by atoms with Crippen molar-refractivity contribution in [3.8, 4) is 34.0 Å². The lowest BCUT2D eigenvalue weighted by atomic mass is 9.78. The third-order valence-corrected chi connectivity index (χ3v) is 12.1. The van der Waals surface area contributed by atoms with E-state index in [-0.39, 0.29) is 56.0 Å². The van der Waals surface area contributed by atoms with E-state index >= 15 is 0 Å². The first-order valence-corrected chi connectivity index (χ1v) is 17.3. The van der Waals surface area contributed by atoms with Crippen LogP contribution in [0.2, 0.25) is 0 Å². The molecule has 0 N–H and O–H groups in total. The molecule has 4 aliphatic rings. The van der Waals surface area contributed by atoms with Gasteiger partial charge in [-0.2, -0.15) is 21.0 Å². The Hall–Kier alpha value is -6.51. The smallest absolute Gasteiger partial charge is 0.212 e. The number of fused-ring (bicyclic) bond motifs is 7. The van der Waals surface area contributed by atoms with Gasteiger partial charge in [-0.3, -0.25) is 9.59 Å². The predicted octanol–water partition coefficient (Wildman–Crippen LogP) is 9.25. The third kappa shape index (κ3) is 4.47. The van der Waals surface area contributed by atoms with Crippen molar-refractivity contribution in [2.75, 3.05) is 0 Å². The lowest BCUT2D eigenvalue weighted by molar-refractivity contribution is 0.106. The fourth-order valence-electron chi connectivity index (χ4n) is 7.61. The predicted molar refractivity (Wildman–Crippen MR) is 189 cm³/mol. The van der Waals surface area contributed by atoms with Gasteiger partial charge in [0.25, 0.3) is 0 Å². The largest absolute Gasteiger partial charge is 0.287 e. The van der Waals surface area contributed by atoms with Gasteiger partial charge >= 0.3 is 0 Å². The van der Waals surface area contributed by atoms with Crippen LogP contribution in [-0.4, -0.2) is 23.0 Å².